The van der Waals surface area contributed by atoms with Crippen LogP contribution in [0.1, 0.15) is 31.7 Å². The summed E-state index contributed by atoms with van der Waals surface area (Å²) in [6.45, 7) is 4.90. The average Bonchev–Trinajstić information content (AvgIpc) is 2.36. The normalized spacial score (nSPS) is 23.7. The van der Waals surface area contributed by atoms with Crippen LogP contribution in [0, 0.1) is 6.92 Å². The lowest BCUT2D eigenvalue weighted by Crippen LogP contribution is -2.54. The highest BCUT2D eigenvalue weighted by Gasteiger charge is 2.34. The highest BCUT2D eigenvalue weighted by molar-refractivity contribution is 9.10. The number of carbonyl (C=O) groups excluding carboxylic acids is 1. The van der Waals surface area contributed by atoms with Crippen molar-refractivity contribution in [2.45, 2.75) is 38.6 Å². The minimum atomic E-state index is -0.437. The standard InChI is InChI=1S/C14H19BrN2O/c1-10-11(15)6-5-7-12(10)17-13(18)14(2)8-3-4-9-16-14/h5-7,16H,3-4,8-9H2,1-2H3,(H,17,18). The van der Waals surface area contributed by atoms with Crippen LogP contribution in [0.4, 0.5) is 5.69 Å². The summed E-state index contributed by atoms with van der Waals surface area (Å²) in [7, 11) is 0. The first kappa shape index (κ1) is 13.6. The number of amides is 1. The second kappa shape index (κ2) is 5.41. The molecule has 2 N–H and O–H groups in total. The Morgan fingerprint density at radius 1 is 1.44 bits per heavy atom. The number of hydrogen-bond acceptors (Lipinski definition) is 2. The van der Waals surface area contributed by atoms with E-state index in [2.05, 4.69) is 26.6 Å². The van der Waals surface area contributed by atoms with Crippen molar-refractivity contribution in [3.63, 3.8) is 0 Å². The fraction of sp³-hybridized carbons (Fsp3) is 0.500. The lowest BCUT2D eigenvalue weighted by molar-refractivity contribution is -0.122. The van der Waals surface area contributed by atoms with Gasteiger partial charge in [0.2, 0.25) is 5.91 Å². The first-order valence-corrected chi connectivity index (χ1v) is 7.14. The van der Waals surface area contributed by atoms with Crippen molar-refractivity contribution < 1.29 is 4.79 Å². The lowest BCUT2D eigenvalue weighted by atomic mass is 9.90. The fourth-order valence-corrected chi connectivity index (χ4v) is 2.62. The van der Waals surface area contributed by atoms with E-state index >= 15 is 0 Å². The molecule has 98 valence electrons. The van der Waals surface area contributed by atoms with Crippen molar-refractivity contribution in [1.82, 2.24) is 5.32 Å². The summed E-state index contributed by atoms with van der Waals surface area (Å²) >= 11 is 3.48. The van der Waals surface area contributed by atoms with E-state index in [0.717, 1.165) is 41.5 Å². The molecule has 0 radical (unpaired) electrons. The van der Waals surface area contributed by atoms with Gasteiger partial charge in [-0.2, -0.15) is 0 Å². The third kappa shape index (κ3) is 2.75. The lowest BCUT2D eigenvalue weighted by Gasteiger charge is -2.33. The zero-order valence-corrected chi connectivity index (χ0v) is 12.4. The number of benzene rings is 1. The van der Waals surface area contributed by atoms with Gasteiger partial charge in [-0.3, -0.25) is 4.79 Å². The van der Waals surface area contributed by atoms with Gasteiger partial charge in [-0.05, 0) is 57.4 Å². The average molecular weight is 311 g/mol. The van der Waals surface area contributed by atoms with Crippen molar-refractivity contribution in [3.05, 3.63) is 28.2 Å². The Balaban J connectivity index is 2.13. The van der Waals surface area contributed by atoms with Crippen molar-refractivity contribution in [1.29, 1.82) is 0 Å². The minimum absolute atomic E-state index is 0.0587. The van der Waals surface area contributed by atoms with Gasteiger partial charge in [0, 0.05) is 10.2 Å². The molecule has 3 nitrogen and oxygen atoms in total. The monoisotopic (exact) mass is 310 g/mol. The Kier molecular flexibility index (Phi) is 4.07. The number of halogens is 1. The quantitative estimate of drug-likeness (QED) is 0.880. The molecule has 1 aliphatic heterocycles. The molecule has 0 bridgehead atoms. The van der Waals surface area contributed by atoms with Crippen molar-refractivity contribution >= 4 is 27.5 Å². The molecular formula is C14H19BrN2O. The maximum atomic E-state index is 12.4. The van der Waals surface area contributed by atoms with E-state index in [1.807, 2.05) is 32.0 Å². The molecule has 1 fully saturated rings. The van der Waals surface area contributed by atoms with E-state index in [1.54, 1.807) is 0 Å². The van der Waals surface area contributed by atoms with E-state index < -0.39 is 5.54 Å². The second-order valence-electron chi connectivity index (χ2n) is 5.08. The summed E-state index contributed by atoms with van der Waals surface area (Å²) in [4.78, 5) is 12.4. The van der Waals surface area contributed by atoms with Crippen LogP contribution in [-0.2, 0) is 4.79 Å². The van der Waals surface area contributed by atoms with Gasteiger partial charge in [-0.25, -0.2) is 0 Å². The molecule has 1 saturated heterocycles. The molecule has 1 atom stereocenters. The number of rotatable bonds is 2. The molecule has 1 amide bonds. The highest BCUT2D eigenvalue weighted by Crippen LogP contribution is 2.26. The fourth-order valence-electron chi connectivity index (χ4n) is 2.25. The van der Waals surface area contributed by atoms with E-state index in [9.17, 15) is 4.79 Å². The van der Waals surface area contributed by atoms with Crippen LogP contribution < -0.4 is 10.6 Å². The van der Waals surface area contributed by atoms with E-state index in [0.29, 0.717) is 0 Å². The smallest absolute Gasteiger partial charge is 0.244 e. The van der Waals surface area contributed by atoms with Crippen LogP contribution in [0.3, 0.4) is 0 Å². The van der Waals surface area contributed by atoms with Gasteiger partial charge >= 0.3 is 0 Å². The molecule has 1 unspecified atom stereocenters. The molecule has 0 spiro atoms. The number of piperidine rings is 1. The number of anilines is 1. The van der Waals surface area contributed by atoms with E-state index in [1.165, 1.54) is 0 Å². The molecule has 0 saturated carbocycles. The Morgan fingerprint density at radius 3 is 2.89 bits per heavy atom. The molecule has 18 heavy (non-hydrogen) atoms. The topological polar surface area (TPSA) is 41.1 Å². The Morgan fingerprint density at radius 2 is 2.22 bits per heavy atom. The van der Waals surface area contributed by atoms with Crippen molar-refractivity contribution in [2.24, 2.45) is 0 Å². The SMILES string of the molecule is Cc1c(Br)cccc1NC(=O)C1(C)CCCCN1. The predicted molar refractivity (Wildman–Crippen MR) is 77.8 cm³/mol. The van der Waals surface area contributed by atoms with Gasteiger partial charge in [-0.15, -0.1) is 0 Å². The molecule has 1 heterocycles. The summed E-state index contributed by atoms with van der Waals surface area (Å²) in [5.41, 5.74) is 1.50. The minimum Gasteiger partial charge on any atom is -0.324 e. The largest absolute Gasteiger partial charge is 0.324 e. The first-order chi connectivity index (χ1) is 8.53. The predicted octanol–water partition coefficient (Wildman–Crippen LogP) is 3.23. The van der Waals surface area contributed by atoms with Gasteiger partial charge in [-0.1, -0.05) is 22.0 Å². The highest BCUT2D eigenvalue weighted by atomic mass is 79.9. The molecule has 1 aromatic carbocycles. The molecular weight excluding hydrogens is 292 g/mol. The van der Waals surface area contributed by atoms with Crippen molar-refractivity contribution in [3.8, 4) is 0 Å². The number of hydrogen-bond donors (Lipinski definition) is 2. The summed E-state index contributed by atoms with van der Waals surface area (Å²) in [6.07, 6.45) is 3.15. The van der Waals surface area contributed by atoms with Gasteiger partial charge in [0.25, 0.3) is 0 Å². The number of nitrogens with one attached hydrogen (secondary N) is 2. The van der Waals surface area contributed by atoms with Crippen LogP contribution in [0.15, 0.2) is 22.7 Å². The van der Waals surface area contributed by atoms with Crippen LogP contribution in [-0.4, -0.2) is 18.0 Å². The van der Waals surface area contributed by atoms with E-state index in [-0.39, 0.29) is 5.91 Å². The maximum absolute atomic E-state index is 12.4. The Hall–Kier alpha value is -0.870. The summed E-state index contributed by atoms with van der Waals surface area (Å²) in [5, 5.41) is 6.36. The summed E-state index contributed by atoms with van der Waals surface area (Å²) in [6, 6.07) is 5.85. The molecule has 0 aliphatic carbocycles. The van der Waals surface area contributed by atoms with E-state index in [4.69, 9.17) is 0 Å². The van der Waals surface area contributed by atoms with Gasteiger partial charge in [0.05, 0.1) is 5.54 Å². The third-order valence-electron chi connectivity index (χ3n) is 3.64. The summed E-state index contributed by atoms with van der Waals surface area (Å²) < 4.78 is 1.02. The van der Waals surface area contributed by atoms with Crippen LogP contribution >= 0.6 is 15.9 Å². The number of carbonyl (C=O) groups is 1. The Labute approximate surface area is 116 Å². The van der Waals surface area contributed by atoms with Crippen LogP contribution in [0.2, 0.25) is 0 Å². The molecule has 1 aromatic rings. The van der Waals surface area contributed by atoms with Gasteiger partial charge < -0.3 is 10.6 Å². The first-order valence-electron chi connectivity index (χ1n) is 6.34. The summed E-state index contributed by atoms with van der Waals surface area (Å²) in [5.74, 6) is 0.0587. The zero-order chi connectivity index (χ0) is 13.2. The Bertz CT molecular complexity index is 453. The molecule has 2 rings (SSSR count). The van der Waals surface area contributed by atoms with Crippen LogP contribution in [0.5, 0.6) is 0 Å². The molecule has 4 heteroatoms. The maximum Gasteiger partial charge on any atom is 0.244 e. The molecule has 0 aromatic heterocycles. The third-order valence-corrected chi connectivity index (χ3v) is 4.49. The zero-order valence-electron chi connectivity index (χ0n) is 10.8. The van der Waals surface area contributed by atoms with Crippen molar-refractivity contribution in [2.75, 3.05) is 11.9 Å². The van der Waals surface area contributed by atoms with Crippen LogP contribution in [0.25, 0.3) is 0 Å². The molecule has 1 aliphatic rings. The van der Waals surface area contributed by atoms with Gasteiger partial charge in [0.15, 0.2) is 0 Å². The van der Waals surface area contributed by atoms with Gasteiger partial charge in [0.1, 0.15) is 0 Å². The second-order valence-corrected chi connectivity index (χ2v) is 5.94.